The third kappa shape index (κ3) is 1.96. The van der Waals surface area contributed by atoms with Gasteiger partial charge in [-0.15, -0.1) is 0 Å². The molecule has 0 aromatic carbocycles. The second-order valence-electron chi connectivity index (χ2n) is 5.85. The molecule has 3 rings (SSSR count). The number of hydrogen-bond donors (Lipinski definition) is 1. The molecule has 0 atom stereocenters. The maximum Gasteiger partial charge on any atom is 0.144 e. The minimum absolute atomic E-state index is 0.154. The van der Waals surface area contributed by atoms with Gasteiger partial charge in [-0.05, 0) is 63.5 Å². The molecule has 2 aliphatic rings. The average molecular weight is 241 g/mol. The number of nitrogens with zero attached hydrogens (tertiary/aromatic N) is 2. The highest BCUT2D eigenvalue weighted by Gasteiger charge is 2.32. The lowest BCUT2D eigenvalue weighted by atomic mass is 9.78. The lowest BCUT2D eigenvalue weighted by Gasteiger charge is -2.40. The summed E-state index contributed by atoms with van der Waals surface area (Å²) < 4.78 is 0. The molecule has 3 heteroatoms. The number of fused-ring (bicyclic) bond motifs is 1. The molecule has 1 saturated carbocycles. The maximum atomic E-state index is 9.28. The largest absolute Gasteiger partial charge is 0.364 e. The normalized spacial score (nSPS) is 20.4. The number of aromatic nitrogens is 1. The number of nitriles is 1. The first-order chi connectivity index (χ1) is 8.70. The van der Waals surface area contributed by atoms with Gasteiger partial charge in [0.15, 0.2) is 0 Å². The first-order valence-electron chi connectivity index (χ1n) is 6.91. The molecule has 0 bridgehead atoms. The van der Waals surface area contributed by atoms with E-state index in [1.165, 1.54) is 43.4 Å². The van der Waals surface area contributed by atoms with E-state index in [1.54, 1.807) is 0 Å². The summed E-state index contributed by atoms with van der Waals surface area (Å²) >= 11 is 0. The van der Waals surface area contributed by atoms with Gasteiger partial charge in [0.2, 0.25) is 0 Å². The summed E-state index contributed by atoms with van der Waals surface area (Å²) in [6.07, 6.45) is 8.22. The van der Waals surface area contributed by atoms with Crippen LogP contribution in [0.4, 0.5) is 5.82 Å². The Morgan fingerprint density at radius 2 is 2.06 bits per heavy atom. The number of nitrogens with one attached hydrogen (secondary N) is 1. The van der Waals surface area contributed by atoms with Gasteiger partial charge in [0.05, 0.1) is 5.56 Å². The topological polar surface area (TPSA) is 48.7 Å². The van der Waals surface area contributed by atoms with E-state index in [2.05, 4.69) is 18.3 Å². The SMILES string of the molecule is CC1(Nc2nc3c(cc2C#N)CCCC3)CCC1. The summed E-state index contributed by atoms with van der Waals surface area (Å²) in [5, 5.41) is 12.8. The smallest absolute Gasteiger partial charge is 0.144 e. The van der Waals surface area contributed by atoms with Crippen LogP contribution in [0.2, 0.25) is 0 Å². The van der Waals surface area contributed by atoms with Crippen molar-refractivity contribution in [3.8, 4) is 6.07 Å². The standard InChI is InChI=1S/C15H19N3/c1-15(7-4-8-15)18-14-12(10-16)9-11-5-2-3-6-13(11)17-14/h9H,2-8H2,1H3,(H,17,18). The summed E-state index contributed by atoms with van der Waals surface area (Å²) in [5.41, 5.74) is 3.35. The lowest BCUT2D eigenvalue weighted by Crippen LogP contribution is -2.42. The lowest BCUT2D eigenvalue weighted by molar-refractivity contribution is 0.305. The van der Waals surface area contributed by atoms with Crippen molar-refractivity contribution < 1.29 is 0 Å². The Morgan fingerprint density at radius 3 is 2.72 bits per heavy atom. The molecule has 0 unspecified atom stereocenters. The van der Waals surface area contributed by atoms with Gasteiger partial charge in [-0.1, -0.05) is 0 Å². The number of anilines is 1. The molecule has 1 aromatic rings. The molecule has 18 heavy (non-hydrogen) atoms. The number of hydrogen-bond acceptors (Lipinski definition) is 3. The highest BCUT2D eigenvalue weighted by Crippen LogP contribution is 2.35. The highest BCUT2D eigenvalue weighted by molar-refractivity contribution is 5.56. The summed E-state index contributed by atoms with van der Waals surface area (Å²) in [7, 11) is 0. The molecule has 3 nitrogen and oxygen atoms in total. The fourth-order valence-electron chi connectivity index (χ4n) is 2.93. The van der Waals surface area contributed by atoms with Crippen LogP contribution in [-0.2, 0) is 12.8 Å². The first kappa shape index (κ1) is 11.5. The zero-order chi connectivity index (χ0) is 12.6. The maximum absolute atomic E-state index is 9.28. The quantitative estimate of drug-likeness (QED) is 0.865. The first-order valence-corrected chi connectivity index (χ1v) is 6.91. The molecular formula is C15H19N3. The van der Waals surface area contributed by atoms with Crippen LogP contribution in [0.15, 0.2) is 6.07 Å². The number of aryl methyl sites for hydroxylation is 2. The van der Waals surface area contributed by atoms with E-state index in [1.807, 2.05) is 6.07 Å². The molecule has 1 aromatic heterocycles. The highest BCUT2D eigenvalue weighted by atomic mass is 15.1. The van der Waals surface area contributed by atoms with Crippen molar-refractivity contribution in [1.29, 1.82) is 5.26 Å². The second kappa shape index (κ2) is 4.28. The fraction of sp³-hybridized carbons (Fsp3) is 0.600. The number of pyridine rings is 1. The number of rotatable bonds is 2. The van der Waals surface area contributed by atoms with Crippen molar-refractivity contribution in [2.24, 2.45) is 0 Å². The Labute approximate surface area is 108 Å². The van der Waals surface area contributed by atoms with Gasteiger partial charge in [-0.3, -0.25) is 0 Å². The van der Waals surface area contributed by atoms with Crippen molar-refractivity contribution in [1.82, 2.24) is 4.98 Å². The predicted molar refractivity (Wildman–Crippen MR) is 71.5 cm³/mol. The van der Waals surface area contributed by atoms with Crippen LogP contribution in [-0.4, -0.2) is 10.5 Å². The van der Waals surface area contributed by atoms with Crippen LogP contribution >= 0.6 is 0 Å². The van der Waals surface area contributed by atoms with Crippen molar-refractivity contribution >= 4 is 5.82 Å². The Hall–Kier alpha value is -1.56. The molecule has 0 saturated heterocycles. The zero-order valence-electron chi connectivity index (χ0n) is 10.9. The van der Waals surface area contributed by atoms with Crippen molar-refractivity contribution in [3.63, 3.8) is 0 Å². The molecule has 0 amide bonds. The Bertz CT molecular complexity index is 509. The molecule has 0 radical (unpaired) electrons. The van der Waals surface area contributed by atoms with Crippen molar-refractivity contribution in [2.75, 3.05) is 5.32 Å². The minimum atomic E-state index is 0.154. The molecule has 1 fully saturated rings. The Balaban J connectivity index is 1.95. The van der Waals surface area contributed by atoms with Gasteiger partial charge in [-0.2, -0.15) is 5.26 Å². The van der Waals surface area contributed by atoms with Gasteiger partial charge in [-0.25, -0.2) is 4.98 Å². The Kier molecular flexibility index (Phi) is 2.74. The summed E-state index contributed by atoms with van der Waals surface area (Å²) in [5.74, 6) is 0.806. The summed E-state index contributed by atoms with van der Waals surface area (Å²) in [4.78, 5) is 4.72. The molecule has 1 N–H and O–H groups in total. The van der Waals surface area contributed by atoms with E-state index < -0.39 is 0 Å². The van der Waals surface area contributed by atoms with Crippen LogP contribution < -0.4 is 5.32 Å². The fourth-order valence-corrected chi connectivity index (χ4v) is 2.93. The average Bonchev–Trinajstić information content (AvgIpc) is 2.36. The van der Waals surface area contributed by atoms with E-state index in [0.717, 1.165) is 18.7 Å². The van der Waals surface area contributed by atoms with E-state index in [-0.39, 0.29) is 5.54 Å². The summed E-state index contributed by atoms with van der Waals surface area (Å²) in [6.45, 7) is 2.22. The van der Waals surface area contributed by atoms with Crippen molar-refractivity contribution in [3.05, 3.63) is 22.9 Å². The monoisotopic (exact) mass is 241 g/mol. The van der Waals surface area contributed by atoms with Crippen molar-refractivity contribution in [2.45, 2.75) is 57.4 Å². The zero-order valence-corrected chi connectivity index (χ0v) is 10.9. The van der Waals surface area contributed by atoms with Crippen LogP contribution in [0.3, 0.4) is 0 Å². The van der Waals surface area contributed by atoms with Crippen LogP contribution in [0.1, 0.15) is 55.8 Å². The third-order valence-electron chi connectivity index (χ3n) is 4.30. The van der Waals surface area contributed by atoms with E-state index in [4.69, 9.17) is 4.98 Å². The van der Waals surface area contributed by atoms with Crippen LogP contribution in [0.25, 0.3) is 0 Å². The predicted octanol–water partition coefficient (Wildman–Crippen LogP) is 3.19. The minimum Gasteiger partial charge on any atom is -0.364 e. The van der Waals surface area contributed by atoms with Gasteiger partial charge in [0, 0.05) is 11.2 Å². The molecule has 0 spiro atoms. The van der Waals surface area contributed by atoms with Gasteiger partial charge < -0.3 is 5.32 Å². The van der Waals surface area contributed by atoms with E-state index in [0.29, 0.717) is 5.56 Å². The molecule has 0 aliphatic heterocycles. The third-order valence-corrected chi connectivity index (χ3v) is 4.30. The van der Waals surface area contributed by atoms with E-state index in [9.17, 15) is 5.26 Å². The second-order valence-corrected chi connectivity index (χ2v) is 5.85. The van der Waals surface area contributed by atoms with Gasteiger partial charge in [0.25, 0.3) is 0 Å². The van der Waals surface area contributed by atoms with Gasteiger partial charge >= 0.3 is 0 Å². The van der Waals surface area contributed by atoms with Crippen LogP contribution in [0.5, 0.6) is 0 Å². The van der Waals surface area contributed by atoms with Gasteiger partial charge in [0.1, 0.15) is 11.9 Å². The molecular weight excluding hydrogens is 222 g/mol. The van der Waals surface area contributed by atoms with E-state index >= 15 is 0 Å². The molecule has 2 aliphatic carbocycles. The summed E-state index contributed by atoms with van der Waals surface area (Å²) in [6, 6.07) is 4.34. The molecule has 1 heterocycles. The molecule has 94 valence electrons. The van der Waals surface area contributed by atoms with Crippen LogP contribution in [0, 0.1) is 11.3 Å². The Morgan fingerprint density at radius 1 is 1.28 bits per heavy atom.